The predicted molar refractivity (Wildman–Crippen MR) is 97.7 cm³/mol. The number of piperidine rings is 1. The van der Waals surface area contributed by atoms with Crippen LogP contribution in [0.2, 0.25) is 0 Å². The van der Waals surface area contributed by atoms with Crippen molar-refractivity contribution in [2.75, 3.05) is 13.1 Å². The van der Waals surface area contributed by atoms with Gasteiger partial charge in [0.15, 0.2) is 0 Å². The van der Waals surface area contributed by atoms with E-state index in [1.54, 1.807) is 0 Å². The monoisotopic (exact) mass is 337 g/mol. The van der Waals surface area contributed by atoms with Crippen molar-refractivity contribution in [2.24, 2.45) is 0 Å². The third kappa shape index (κ3) is 3.22. The zero-order valence-corrected chi connectivity index (χ0v) is 14.6. The topological polar surface area (TPSA) is 77.7 Å². The van der Waals surface area contributed by atoms with E-state index in [1.165, 1.54) is 6.07 Å². The first kappa shape index (κ1) is 16.0. The van der Waals surface area contributed by atoms with E-state index in [0.29, 0.717) is 5.92 Å². The standard InChI is InChI=1S/C19H23N5O/c1-12-11-17(25)23-18(20-12)13(2)24-9-7-14(8-10-24)19-21-15-5-3-4-6-16(15)22-19/h3-6,11,13-14H,7-10H2,1-2H3,(H,21,22)(H,20,23,25)/t13-/m0/s1. The van der Waals surface area contributed by atoms with Crippen molar-refractivity contribution in [2.45, 2.75) is 38.6 Å². The lowest BCUT2D eigenvalue weighted by Gasteiger charge is -2.34. The van der Waals surface area contributed by atoms with E-state index >= 15 is 0 Å². The quantitative estimate of drug-likeness (QED) is 0.770. The summed E-state index contributed by atoms with van der Waals surface area (Å²) in [5.74, 6) is 2.31. The molecule has 4 rings (SSSR count). The Morgan fingerprint density at radius 1 is 1.16 bits per heavy atom. The third-order valence-electron chi connectivity index (χ3n) is 5.16. The Morgan fingerprint density at radius 2 is 1.92 bits per heavy atom. The Morgan fingerprint density at radius 3 is 2.64 bits per heavy atom. The van der Waals surface area contributed by atoms with E-state index in [2.05, 4.69) is 32.8 Å². The van der Waals surface area contributed by atoms with Crippen molar-refractivity contribution in [3.63, 3.8) is 0 Å². The molecule has 0 radical (unpaired) electrons. The minimum absolute atomic E-state index is 0.0773. The van der Waals surface area contributed by atoms with Crippen molar-refractivity contribution in [3.05, 3.63) is 58.0 Å². The Kier molecular flexibility index (Phi) is 4.13. The van der Waals surface area contributed by atoms with Crippen molar-refractivity contribution in [1.82, 2.24) is 24.8 Å². The molecular weight excluding hydrogens is 314 g/mol. The molecule has 3 heterocycles. The summed E-state index contributed by atoms with van der Waals surface area (Å²) in [5.41, 5.74) is 2.83. The molecule has 1 aliphatic heterocycles. The maximum Gasteiger partial charge on any atom is 0.251 e. The smallest absolute Gasteiger partial charge is 0.251 e. The molecule has 130 valence electrons. The lowest BCUT2D eigenvalue weighted by atomic mass is 9.95. The summed E-state index contributed by atoms with van der Waals surface area (Å²) in [6.07, 6.45) is 2.11. The van der Waals surface area contributed by atoms with Crippen LogP contribution in [-0.4, -0.2) is 37.9 Å². The van der Waals surface area contributed by atoms with E-state index in [-0.39, 0.29) is 11.6 Å². The molecule has 0 saturated carbocycles. The Labute approximate surface area is 146 Å². The van der Waals surface area contributed by atoms with Crippen LogP contribution in [0.5, 0.6) is 0 Å². The first-order valence-corrected chi connectivity index (χ1v) is 8.87. The normalized spacial score (nSPS) is 17.8. The number of H-pyrrole nitrogens is 2. The third-order valence-corrected chi connectivity index (χ3v) is 5.16. The number of aromatic nitrogens is 4. The van der Waals surface area contributed by atoms with E-state index in [1.807, 2.05) is 25.1 Å². The highest BCUT2D eigenvalue weighted by Crippen LogP contribution is 2.30. The van der Waals surface area contributed by atoms with Gasteiger partial charge in [-0.3, -0.25) is 9.69 Å². The molecule has 1 aromatic carbocycles. The van der Waals surface area contributed by atoms with Gasteiger partial charge in [-0.25, -0.2) is 9.97 Å². The van der Waals surface area contributed by atoms with Crippen LogP contribution in [0.4, 0.5) is 0 Å². The highest BCUT2D eigenvalue weighted by Gasteiger charge is 2.27. The van der Waals surface area contributed by atoms with Gasteiger partial charge in [0.1, 0.15) is 11.6 Å². The minimum Gasteiger partial charge on any atom is -0.342 e. The number of aromatic amines is 2. The number of nitrogens with one attached hydrogen (secondary N) is 2. The average molecular weight is 337 g/mol. The Bertz CT molecular complexity index is 903. The summed E-state index contributed by atoms with van der Waals surface area (Å²) >= 11 is 0. The average Bonchev–Trinajstić information content (AvgIpc) is 3.04. The second-order valence-corrected chi connectivity index (χ2v) is 6.90. The summed E-state index contributed by atoms with van der Waals surface area (Å²) in [4.78, 5) is 29.7. The molecule has 2 N–H and O–H groups in total. The second kappa shape index (κ2) is 6.44. The van der Waals surface area contributed by atoms with Crippen LogP contribution in [0.15, 0.2) is 35.1 Å². The molecule has 6 heteroatoms. The van der Waals surface area contributed by atoms with Gasteiger partial charge < -0.3 is 9.97 Å². The van der Waals surface area contributed by atoms with E-state index in [9.17, 15) is 4.79 Å². The van der Waals surface area contributed by atoms with Gasteiger partial charge in [-0.2, -0.15) is 0 Å². The largest absolute Gasteiger partial charge is 0.342 e. The maximum atomic E-state index is 11.7. The van der Waals surface area contributed by atoms with Gasteiger partial charge in [-0.1, -0.05) is 12.1 Å². The lowest BCUT2D eigenvalue weighted by molar-refractivity contribution is 0.155. The molecule has 0 bridgehead atoms. The number of fused-ring (bicyclic) bond motifs is 1. The fraction of sp³-hybridized carbons (Fsp3) is 0.421. The van der Waals surface area contributed by atoms with Crippen molar-refractivity contribution in [3.8, 4) is 0 Å². The zero-order chi connectivity index (χ0) is 17.4. The first-order valence-electron chi connectivity index (χ1n) is 8.87. The highest BCUT2D eigenvalue weighted by molar-refractivity contribution is 5.74. The first-order chi connectivity index (χ1) is 12.1. The molecular formula is C19H23N5O. The number of aryl methyl sites for hydroxylation is 1. The van der Waals surface area contributed by atoms with Crippen LogP contribution in [0.25, 0.3) is 11.0 Å². The number of hydrogen-bond donors (Lipinski definition) is 2. The Hall–Kier alpha value is -2.47. The van der Waals surface area contributed by atoms with E-state index < -0.39 is 0 Å². The molecule has 1 atom stereocenters. The molecule has 2 aromatic heterocycles. The molecule has 6 nitrogen and oxygen atoms in total. The molecule has 1 fully saturated rings. The molecule has 0 unspecified atom stereocenters. The number of nitrogens with zero attached hydrogens (tertiary/aromatic N) is 3. The fourth-order valence-electron chi connectivity index (χ4n) is 3.70. The minimum atomic E-state index is -0.0773. The van der Waals surface area contributed by atoms with Crippen LogP contribution in [-0.2, 0) is 0 Å². The Balaban J connectivity index is 1.46. The summed E-state index contributed by atoms with van der Waals surface area (Å²) in [5, 5.41) is 0. The zero-order valence-electron chi connectivity index (χ0n) is 14.6. The van der Waals surface area contributed by atoms with Crippen LogP contribution in [0.1, 0.15) is 49.1 Å². The summed E-state index contributed by atoms with van der Waals surface area (Å²) in [6.45, 7) is 5.92. The van der Waals surface area contributed by atoms with E-state index in [0.717, 1.165) is 54.3 Å². The van der Waals surface area contributed by atoms with Crippen LogP contribution >= 0.6 is 0 Å². The van der Waals surface area contributed by atoms with Crippen molar-refractivity contribution >= 4 is 11.0 Å². The maximum absolute atomic E-state index is 11.7. The van der Waals surface area contributed by atoms with Gasteiger partial charge in [0.25, 0.3) is 5.56 Å². The highest BCUT2D eigenvalue weighted by atomic mass is 16.1. The molecule has 25 heavy (non-hydrogen) atoms. The van der Waals surface area contributed by atoms with Crippen molar-refractivity contribution in [1.29, 1.82) is 0 Å². The fourth-order valence-corrected chi connectivity index (χ4v) is 3.70. The summed E-state index contributed by atoms with van der Waals surface area (Å²) < 4.78 is 0. The van der Waals surface area contributed by atoms with Gasteiger partial charge in [0.05, 0.1) is 17.1 Å². The number of benzene rings is 1. The van der Waals surface area contributed by atoms with Crippen LogP contribution in [0.3, 0.4) is 0 Å². The summed E-state index contributed by atoms with van der Waals surface area (Å²) in [7, 11) is 0. The number of imidazole rings is 1. The number of likely N-dealkylation sites (tertiary alicyclic amines) is 1. The predicted octanol–water partition coefficient (Wildman–Crippen LogP) is 2.90. The number of rotatable bonds is 3. The second-order valence-electron chi connectivity index (χ2n) is 6.90. The van der Waals surface area contributed by atoms with Gasteiger partial charge in [0, 0.05) is 17.7 Å². The van der Waals surface area contributed by atoms with Crippen LogP contribution in [0, 0.1) is 6.92 Å². The molecule has 0 aliphatic carbocycles. The SMILES string of the molecule is Cc1cc(=O)[nH]c([C@H](C)N2CCC(c3nc4ccccc4[nH]3)CC2)n1. The summed E-state index contributed by atoms with van der Waals surface area (Å²) in [6, 6.07) is 9.82. The molecule has 3 aromatic rings. The van der Waals surface area contributed by atoms with Gasteiger partial charge in [-0.15, -0.1) is 0 Å². The van der Waals surface area contributed by atoms with Gasteiger partial charge >= 0.3 is 0 Å². The number of para-hydroxylation sites is 2. The molecule has 1 saturated heterocycles. The van der Waals surface area contributed by atoms with Gasteiger partial charge in [0.2, 0.25) is 0 Å². The molecule has 0 amide bonds. The van der Waals surface area contributed by atoms with Crippen LogP contribution < -0.4 is 5.56 Å². The number of hydrogen-bond acceptors (Lipinski definition) is 4. The van der Waals surface area contributed by atoms with E-state index in [4.69, 9.17) is 4.98 Å². The van der Waals surface area contributed by atoms with Gasteiger partial charge in [-0.05, 0) is 51.9 Å². The van der Waals surface area contributed by atoms with Crippen molar-refractivity contribution < 1.29 is 0 Å². The molecule has 0 spiro atoms. The lowest BCUT2D eigenvalue weighted by Crippen LogP contribution is -2.36. The molecule has 1 aliphatic rings.